The molecule has 0 saturated carbocycles. The average Bonchev–Trinajstić information content (AvgIpc) is 3.32. The first-order valence-corrected chi connectivity index (χ1v) is 12.3. The highest BCUT2D eigenvalue weighted by molar-refractivity contribution is 7.92. The first-order chi connectivity index (χ1) is 16.9. The van der Waals surface area contributed by atoms with Crippen LogP contribution in [0.15, 0.2) is 83.8 Å². The number of benzene rings is 3. The molecule has 0 bridgehead atoms. The van der Waals surface area contributed by atoms with E-state index in [4.69, 9.17) is 9.47 Å². The number of sulfonamides is 1. The Kier molecular flexibility index (Phi) is 7.17. The Balaban J connectivity index is 1.32. The molecule has 1 amide bonds. The van der Waals surface area contributed by atoms with Crippen LogP contribution in [-0.2, 0) is 30.8 Å². The van der Waals surface area contributed by atoms with E-state index in [0.717, 1.165) is 5.56 Å². The van der Waals surface area contributed by atoms with E-state index in [-0.39, 0.29) is 4.90 Å². The number of nitrogens with zero attached hydrogens (tertiary/aromatic N) is 1. The molecule has 3 aromatic carbocycles. The molecule has 0 spiro atoms. The molecule has 0 fully saturated rings. The van der Waals surface area contributed by atoms with E-state index >= 15 is 0 Å². The molecule has 0 aromatic heterocycles. The Bertz CT molecular complexity index is 1370. The predicted molar refractivity (Wildman–Crippen MR) is 133 cm³/mol. The smallest absolute Gasteiger partial charge is 0.331 e. The van der Waals surface area contributed by atoms with Gasteiger partial charge in [0.1, 0.15) is 5.75 Å². The number of carbonyl (C=O) groups is 2. The molecule has 9 heteroatoms. The van der Waals surface area contributed by atoms with Crippen LogP contribution in [-0.4, -0.2) is 40.6 Å². The normalized spacial score (nSPS) is 12.9. The Morgan fingerprint density at radius 1 is 1.03 bits per heavy atom. The van der Waals surface area contributed by atoms with Crippen LogP contribution in [0.2, 0.25) is 0 Å². The van der Waals surface area contributed by atoms with E-state index in [2.05, 4.69) is 5.32 Å². The number of rotatable bonds is 8. The van der Waals surface area contributed by atoms with Crippen molar-refractivity contribution in [2.24, 2.45) is 0 Å². The summed E-state index contributed by atoms with van der Waals surface area (Å²) in [6.07, 6.45) is 3.35. The SMILES string of the molecule is COc1cccc(NC(=O)COC(=O)C=Cc2ccc(S(=O)(=O)N3CCc4ccccc43)cc2)c1. The first kappa shape index (κ1) is 24.0. The molecular weight excluding hydrogens is 468 g/mol. The van der Waals surface area contributed by atoms with Gasteiger partial charge in [-0.15, -0.1) is 0 Å². The van der Waals surface area contributed by atoms with Crippen molar-refractivity contribution in [3.05, 3.63) is 90.0 Å². The number of para-hydroxylation sites is 1. The molecule has 1 aliphatic rings. The summed E-state index contributed by atoms with van der Waals surface area (Å²) in [5, 5.41) is 2.61. The summed E-state index contributed by atoms with van der Waals surface area (Å²) < 4.78 is 37.6. The number of amides is 1. The van der Waals surface area contributed by atoms with E-state index in [1.807, 2.05) is 18.2 Å². The summed E-state index contributed by atoms with van der Waals surface area (Å²) >= 11 is 0. The lowest BCUT2D eigenvalue weighted by molar-refractivity contribution is -0.142. The maximum atomic E-state index is 13.1. The number of ether oxygens (including phenoxy) is 2. The van der Waals surface area contributed by atoms with Crippen LogP contribution < -0.4 is 14.4 Å². The third-order valence-corrected chi connectivity index (χ3v) is 7.25. The minimum absolute atomic E-state index is 0.170. The molecule has 35 heavy (non-hydrogen) atoms. The van der Waals surface area contributed by atoms with E-state index in [1.165, 1.54) is 35.7 Å². The third kappa shape index (κ3) is 5.70. The van der Waals surface area contributed by atoms with Gasteiger partial charge in [0.05, 0.1) is 17.7 Å². The number of carbonyl (C=O) groups excluding carboxylic acids is 2. The van der Waals surface area contributed by atoms with Crippen LogP contribution in [0.1, 0.15) is 11.1 Å². The maximum Gasteiger partial charge on any atom is 0.331 e. The molecule has 0 aliphatic carbocycles. The summed E-state index contributed by atoms with van der Waals surface area (Å²) in [7, 11) is -2.16. The Hall–Kier alpha value is -4.11. The number of esters is 1. The average molecular weight is 493 g/mol. The molecule has 0 saturated heterocycles. The van der Waals surface area contributed by atoms with Gasteiger partial charge in [0.15, 0.2) is 6.61 Å². The number of methoxy groups -OCH3 is 1. The fraction of sp³-hybridized carbons (Fsp3) is 0.154. The molecule has 0 radical (unpaired) electrons. The second kappa shape index (κ2) is 10.4. The summed E-state index contributed by atoms with van der Waals surface area (Å²) in [6.45, 7) is -0.0462. The van der Waals surface area contributed by atoms with Gasteiger partial charge in [0.25, 0.3) is 15.9 Å². The van der Waals surface area contributed by atoms with Crippen molar-refractivity contribution in [1.29, 1.82) is 0 Å². The molecule has 1 N–H and O–H groups in total. The number of hydrogen-bond donors (Lipinski definition) is 1. The lowest BCUT2D eigenvalue weighted by atomic mass is 10.2. The van der Waals surface area contributed by atoms with Crippen LogP contribution >= 0.6 is 0 Å². The standard InChI is InChI=1S/C26H24N2O6S/c1-33-22-7-4-6-21(17-22)27-25(29)18-34-26(30)14-11-19-9-12-23(13-10-19)35(31,32)28-16-15-20-5-2-3-8-24(20)28/h2-14,17H,15-16,18H2,1H3,(H,27,29). The van der Waals surface area contributed by atoms with E-state index < -0.39 is 28.5 Å². The van der Waals surface area contributed by atoms with Crippen LogP contribution in [0.4, 0.5) is 11.4 Å². The fourth-order valence-corrected chi connectivity index (χ4v) is 5.19. The van der Waals surface area contributed by atoms with Gasteiger partial charge >= 0.3 is 5.97 Å². The van der Waals surface area contributed by atoms with Crippen molar-refractivity contribution in [2.75, 3.05) is 29.9 Å². The van der Waals surface area contributed by atoms with Crippen LogP contribution in [0.25, 0.3) is 6.08 Å². The lowest BCUT2D eigenvalue weighted by Crippen LogP contribution is -2.29. The van der Waals surface area contributed by atoms with E-state index in [0.29, 0.717) is 35.7 Å². The van der Waals surface area contributed by atoms with Gasteiger partial charge in [-0.2, -0.15) is 0 Å². The number of fused-ring (bicyclic) bond motifs is 1. The van der Waals surface area contributed by atoms with Gasteiger partial charge in [0.2, 0.25) is 0 Å². The molecule has 1 aliphatic heterocycles. The van der Waals surface area contributed by atoms with Gasteiger partial charge in [0, 0.05) is 24.4 Å². The maximum absolute atomic E-state index is 13.1. The molecule has 3 aromatic rings. The quantitative estimate of drug-likeness (QED) is 0.381. The largest absolute Gasteiger partial charge is 0.497 e. The molecule has 180 valence electrons. The molecule has 0 atom stereocenters. The first-order valence-electron chi connectivity index (χ1n) is 10.9. The predicted octanol–water partition coefficient (Wildman–Crippen LogP) is 3.64. The monoisotopic (exact) mass is 492 g/mol. The van der Waals surface area contributed by atoms with Crippen molar-refractivity contribution in [1.82, 2.24) is 0 Å². The Labute approximate surface area is 203 Å². The minimum atomic E-state index is -3.68. The highest BCUT2D eigenvalue weighted by Crippen LogP contribution is 2.32. The number of anilines is 2. The van der Waals surface area contributed by atoms with Crippen molar-refractivity contribution in [3.63, 3.8) is 0 Å². The van der Waals surface area contributed by atoms with Crippen molar-refractivity contribution in [2.45, 2.75) is 11.3 Å². The Morgan fingerprint density at radius 3 is 2.57 bits per heavy atom. The zero-order valence-electron chi connectivity index (χ0n) is 19.0. The molecule has 0 unspecified atom stereocenters. The lowest BCUT2D eigenvalue weighted by Gasteiger charge is -2.19. The van der Waals surface area contributed by atoms with Gasteiger partial charge in [-0.3, -0.25) is 9.10 Å². The van der Waals surface area contributed by atoms with Gasteiger partial charge in [-0.1, -0.05) is 36.4 Å². The van der Waals surface area contributed by atoms with Crippen molar-refractivity contribution in [3.8, 4) is 5.75 Å². The molecular formula is C26H24N2O6S. The zero-order chi connectivity index (χ0) is 24.8. The van der Waals surface area contributed by atoms with Crippen LogP contribution in [0, 0.1) is 0 Å². The minimum Gasteiger partial charge on any atom is -0.497 e. The number of nitrogens with one attached hydrogen (secondary N) is 1. The van der Waals surface area contributed by atoms with Crippen LogP contribution in [0.5, 0.6) is 5.75 Å². The summed E-state index contributed by atoms with van der Waals surface area (Å²) in [5.74, 6) is -0.596. The molecule has 8 nitrogen and oxygen atoms in total. The van der Waals surface area contributed by atoms with Crippen LogP contribution in [0.3, 0.4) is 0 Å². The topological polar surface area (TPSA) is 102 Å². The van der Waals surface area contributed by atoms with E-state index in [9.17, 15) is 18.0 Å². The zero-order valence-corrected chi connectivity index (χ0v) is 19.8. The Morgan fingerprint density at radius 2 is 1.80 bits per heavy atom. The van der Waals surface area contributed by atoms with Crippen molar-refractivity contribution >= 4 is 39.4 Å². The third-order valence-electron chi connectivity index (χ3n) is 5.42. The van der Waals surface area contributed by atoms with Gasteiger partial charge < -0.3 is 14.8 Å². The second-order valence-corrected chi connectivity index (χ2v) is 9.61. The highest BCUT2D eigenvalue weighted by atomic mass is 32.2. The summed E-state index contributed by atoms with van der Waals surface area (Å²) in [6, 6.07) is 20.5. The van der Waals surface area contributed by atoms with E-state index in [1.54, 1.807) is 42.5 Å². The van der Waals surface area contributed by atoms with Gasteiger partial charge in [-0.05, 0) is 54.0 Å². The summed E-state index contributed by atoms with van der Waals surface area (Å²) in [5.41, 5.74) is 2.85. The summed E-state index contributed by atoms with van der Waals surface area (Å²) in [4.78, 5) is 24.1. The van der Waals surface area contributed by atoms with Gasteiger partial charge in [-0.25, -0.2) is 13.2 Å². The highest BCUT2D eigenvalue weighted by Gasteiger charge is 2.30. The molecule has 1 heterocycles. The van der Waals surface area contributed by atoms with Crippen molar-refractivity contribution < 1.29 is 27.5 Å². The number of hydrogen-bond acceptors (Lipinski definition) is 6. The molecule has 4 rings (SSSR count). The second-order valence-electron chi connectivity index (χ2n) is 7.75. The fourth-order valence-electron chi connectivity index (χ4n) is 3.68.